The van der Waals surface area contributed by atoms with Crippen LogP contribution >= 0.6 is 0 Å². The van der Waals surface area contributed by atoms with Crippen molar-refractivity contribution < 1.29 is 0 Å². The van der Waals surface area contributed by atoms with Crippen LogP contribution in [0.3, 0.4) is 0 Å². The van der Waals surface area contributed by atoms with Gasteiger partial charge in [0.1, 0.15) is 0 Å². The zero-order valence-corrected chi connectivity index (χ0v) is 39.1. The fraction of sp³-hybridized carbons (Fsp3) is 0.351. The van der Waals surface area contributed by atoms with Gasteiger partial charge in [0.05, 0.1) is 27.9 Å². The fourth-order valence-electron chi connectivity index (χ4n) is 10.9. The molecule has 0 bridgehead atoms. The van der Waals surface area contributed by atoms with Crippen LogP contribution in [0.2, 0.25) is 0 Å². The molecule has 5 heterocycles. The number of hydrogen-bond donors (Lipinski definition) is 0. The van der Waals surface area contributed by atoms with Crippen LogP contribution in [0, 0.1) is 0 Å². The molecular formula is C57H60BN3. The monoisotopic (exact) mass is 797 g/mol. The highest BCUT2D eigenvalue weighted by Crippen LogP contribution is 2.46. The predicted molar refractivity (Wildman–Crippen MR) is 266 cm³/mol. The summed E-state index contributed by atoms with van der Waals surface area (Å²) in [5.41, 5.74) is 19.4. The minimum absolute atomic E-state index is 0.00755. The Hall–Kier alpha value is -5.35. The lowest BCUT2D eigenvalue weighted by Gasteiger charge is -2.36. The van der Waals surface area contributed by atoms with Crippen LogP contribution in [-0.2, 0) is 27.1 Å². The van der Waals surface area contributed by atoms with Crippen LogP contribution in [0.15, 0.2) is 91.0 Å². The molecule has 0 spiro atoms. The summed E-state index contributed by atoms with van der Waals surface area (Å²) < 4.78 is 5.31. The SMILES string of the molecule is CC(C)(C)c1ccc2c(c1)c1cc(C(C)(C)C)cc3c1n2-c1cc2c(nc(C(C)(C)C)c4ccccc42)c2c1B3c1cc(C(C)(C)C)cc3c4cc(C(C)(C)C)ccc4n-2c13. The highest BCUT2D eigenvalue weighted by atomic mass is 15.0. The molecule has 6 aromatic carbocycles. The second-order valence-electron chi connectivity index (χ2n) is 23.8. The largest absolute Gasteiger partial charge is 0.310 e. The van der Waals surface area contributed by atoms with Gasteiger partial charge in [0.15, 0.2) is 0 Å². The number of pyridine rings is 1. The standard InChI is InChI=1S/C57H60BN3/c1-53(2,3)31-20-22-44-37(24-31)40-26-33(55(7,8)9)28-42-49(40)60(44)46-30-39-35-18-16-17-19-36(35)52(57(13,14)15)59-48(39)51-47(46)58(42)43-29-34(56(10,11)12)27-41-38-25-32(54(4,5)6)21-23-45(38)61(51)50(41)43/h16-30H,1-15H3. The average Bonchev–Trinajstić information content (AvgIpc) is 3.68. The predicted octanol–water partition coefficient (Wildman–Crippen LogP) is 13.2. The Labute approximate surface area is 362 Å². The molecule has 0 saturated heterocycles. The Kier molecular flexibility index (Phi) is 7.44. The molecule has 0 amide bonds. The zero-order chi connectivity index (χ0) is 43.2. The van der Waals surface area contributed by atoms with Crippen molar-refractivity contribution in [3.05, 3.63) is 119 Å². The molecule has 4 heteroatoms. The van der Waals surface area contributed by atoms with E-state index < -0.39 is 0 Å². The fourth-order valence-corrected chi connectivity index (χ4v) is 10.9. The number of nitrogens with zero attached hydrogens (tertiary/aromatic N) is 3. The topological polar surface area (TPSA) is 22.8 Å². The van der Waals surface area contributed by atoms with Crippen molar-refractivity contribution in [2.24, 2.45) is 0 Å². The minimum Gasteiger partial charge on any atom is -0.310 e. The van der Waals surface area contributed by atoms with Crippen LogP contribution in [0.4, 0.5) is 0 Å². The number of aromatic nitrogens is 3. The first kappa shape index (κ1) is 38.6. The van der Waals surface area contributed by atoms with Gasteiger partial charge in [0, 0.05) is 54.5 Å². The van der Waals surface area contributed by atoms with E-state index in [1.165, 1.54) is 110 Å². The van der Waals surface area contributed by atoms with Crippen molar-refractivity contribution in [1.29, 1.82) is 0 Å². The molecule has 2 aliphatic heterocycles. The van der Waals surface area contributed by atoms with Crippen molar-refractivity contribution in [3.8, 4) is 11.4 Å². The first-order valence-electron chi connectivity index (χ1n) is 22.6. The van der Waals surface area contributed by atoms with E-state index in [9.17, 15) is 0 Å². The number of rotatable bonds is 0. The Balaban J connectivity index is 1.45. The van der Waals surface area contributed by atoms with Gasteiger partial charge in [-0.25, -0.2) is 4.98 Å². The Morgan fingerprint density at radius 3 is 1.36 bits per heavy atom. The minimum atomic E-state index is -0.165. The van der Waals surface area contributed by atoms with E-state index in [2.05, 4.69) is 204 Å². The van der Waals surface area contributed by atoms with Crippen LogP contribution in [0.1, 0.15) is 132 Å². The first-order valence-corrected chi connectivity index (χ1v) is 22.6. The number of hydrogen-bond acceptors (Lipinski definition) is 1. The lowest BCUT2D eigenvalue weighted by atomic mass is 9.33. The summed E-state index contributed by atoms with van der Waals surface area (Å²) in [6, 6.07) is 36.4. The van der Waals surface area contributed by atoms with Gasteiger partial charge in [-0.15, -0.1) is 0 Å². The summed E-state index contributed by atoms with van der Waals surface area (Å²) in [7, 11) is 0. The molecule has 11 rings (SSSR count). The van der Waals surface area contributed by atoms with Gasteiger partial charge in [-0.3, -0.25) is 0 Å². The van der Waals surface area contributed by atoms with Gasteiger partial charge in [0.25, 0.3) is 6.71 Å². The van der Waals surface area contributed by atoms with E-state index >= 15 is 0 Å². The number of fused-ring (bicyclic) bond motifs is 14. The third kappa shape index (κ3) is 5.26. The Morgan fingerprint density at radius 2 is 0.869 bits per heavy atom. The molecule has 3 nitrogen and oxygen atoms in total. The van der Waals surface area contributed by atoms with E-state index in [0.717, 1.165) is 11.2 Å². The summed E-state index contributed by atoms with van der Waals surface area (Å²) in [6.07, 6.45) is 0. The quantitative estimate of drug-likeness (QED) is 0.111. The molecule has 0 N–H and O–H groups in total. The molecule has 0 unspecified atom stereocenters. The third-order valence-electron chi connectivity index (χ3n) is 14.3. The molecule has 0 saturated carbocycles. The molecule has 61 heavy (non-hydrogen) atoms. The van der Waals surface area contributed by atoms with Crippen molar-refractivity contribution in [1.82, 2.24) is 14.1 Å². The average molecular weight is 798 g/mol. The van der Waals surface area contributed by atoms with E-state index in [1.807, 2.05) is 0 Å². The highest BCUT2D eigenvalue weighted by molar-refractivity contribution is 7.00. The van der Waals surface area contributed by atoms with E-state index in [0.29, 0.717) is 0 Å². The molecule has 0 radical (unpaired) electrons. The molecule has 0 fully saturated rings. The maximum atomic E-state index is 5.90. The lowest BCUT2D eigenvalue weighted by Crippen LogP contribution is -2.60. The molecule has 9 aromatic rings. The van der Waals surface area contributed by atoms with Crippen molar-refractivity contribution in [3.63, 3.8) is 0 Å². The third-order valence-corrected chi connectivity index (χ3v) is 14.3. The maximum absolute atomic E-state index is 5.90. The van der Waals surface area contributed by atoms with Crippen LogP contribution in [-0.4, -0.2) is 20.8 Å². The maximum Gasteiger partial charge on any atom is 0.252 e. The summed E-state index contributed by atoms with van der Waals surface area (Å²) in [5, 5.41) is 9.06. The van der Waals surface area contributed by atoms with E-state index in [4.69, 9.17) is 4.98 Å². The molecule has 306 valence electrons. The number of benzene rings is 6. The highest BCUT2D eigenvalue weighted by Gasteiger charge is 2.44. The van der Waals surface area contributed by atoms with E-state index in [1.54, 1.807) is 0 Å². The summed E-state index contributed by atoms with van der Waals surface area (Å²) in [6.45, 7) is 35.3. The van der Waals surface area contributed by atoms with Crippen LogP contribution < -0.4 is 16.4 Å². The van der Waals surface area contributed by atoms with Gasteiger partial charge in [-0.05, 0) is 108 Å². The molecule has 0 aliphatic carbocycles. The first-order chi connectivity index (χ1) is 28.4. The zero-order valence-electron chi connectivity index (χ0n) is 39.1. The summed E-state index contributed by atoms with van der Waals surface area (Å²) in [4.78, 5) is 5.90. The second-order valence-corrected chi connectivity index (χ2v) is 23.8. The van der Waals surface area contributed by atoms with Crippen LogP contribution in [0.25, 0.3) is 76.7 Å². The van der Waals surface area contributed by atoms with Gasteiger partial charge in [0.2, 0.25) is 0 Å². The molecular weight excluding hydrogens is 737 g/mol. The smallest absolute Gasteiger partial charge is 0.252 e. The van der Waals surface area contributed by atoms with Gasteiger partial charge < -0.3 is 9.13 Å². The molecule has 2 aliphatic rings. The van der Waals surface area contributed by atoms with Crippen molar-refractivity contribution in [2.45, 2.75) is 131 Å². The van der Waals surface area contributed by atoms with Crippen molar-refractivity contribution in [2.75, 3.05) is 0 Å². The van der Waals surface area contributed by atoms with E-state index in [-0.39, 0.29) is 33.8 Å². The Bertz CT molecular complexity index is 3430. The van der Waals surface area contributed by atoms with Gasteiger partial charge in [-0.1, -0.05) is 152 Å². The summed E-state index contributed by atoms with van der Waals surface area (Å²) in [5.74, 6) is 0. The second kappa shape index (κ2) is 11.8. The van der Waals surface area contributed by atoms with Crippen molar-refractivity contribution >= 4 is 88.4 Å². The summed E-state index contributed by atoms with van der Waals surface area (Å²) >= 11 is 0. The lowest BCUT2D eigenvalue weighted by molar-refractivity contribution is 0.578. The van der Waals surface area contributed by atoms with Crippen LogP contribution in [0.5, 0.6) is 0 Å². The molecule has 3 aromatic heterocycles. The Morgan fingerprint density at radius 1 is 0.410 bits per heavy atom. The van der Waals surface area contributed by atoms with Gasteiger partial charge in [-0.2, -0.15) is 0 Å². The normalized spacial score (nSPS) is 14.4. The van der Waals surface area contributed by atoms with Gasteiger partial charge >= 0.3 is 0 Å². The molecule has 0 atom stereocenters.